The molecule has 0 aliphatic rings. The Labute approximate surface area is 110 Å². The van der Waals surface area contributed by atoms with Crippen LogP contribution < -0.4 is 10.1 Å². The van der Waals surface area contributed by atoms with Gasteiger partial charge in [-0.2, -0.15) is 0 Å². The van der Waals surface area contributed by atoms with E-state index in [0.29, 0.717) is 6.61 Å². The monoisotopic (exact) mass is 251 g/mol. The predicted octanol–water partition coefficient (Wildman–Crippen LogP) is 2.64. The van der Waals surface area contributed by atoms with Crippen molar-refractivity contribution in [3.8, 4) is 5.75 Å². The lowest BCUT2D eigenvalue weighted by atomic mass is 10.2. The van der Waals surface area contributed by atoms with E-state index in [1.165, 1.54) is 5.56 Å². The lowest BCUT2D eigenvalue weighted by Gasteiger charge is -2.08. The largest absolute Gasteiger partial charge is 0.492 e. The fourth-order valence-corrected chi connectivity index (χ4v) is 1.66. The summed E-state index contributed by atoms with van der Waals surface area (Å²) < 4.78 is 10.9. The predicted molar refractivity (Wildman–Crippen MR) is 75.3 cm³/mol. The number of nitrogens with one attached hydrogen (secondary N) is 1. The topological polar surface area (TPSA) is 30.5 Å². The molecule has 0 aliphatic heterocycles. The second kappa shape index (κ2) is 9.92. The summed E-state index contributed by atoms with van der Waals surface area (Å²) in [6.07, 6.45) is 2.10. The maximum atomic E-state index is 5.68. The Balaban J connectivity index is 2.03. The highest BCUT2D eigenvalue weighted by Gasteiger charge is 1.95. The zero-order chi connectivity index (χ0) is 13.1. The molecular formula is C15H25NO2. The van der Waals surface area contributed by atoms with Crippen molar-refractivity contribution in [3.05, 3.63) is 29.8 Å². The Morgan fingerprint density at radius 3 is 2.78 bits per heavy atom. The zero-order valence-electron chi connectivity index (χ0n) is 11.6. The number of aryl methyl sites for hydroxylation is 1. The molecule has 0 fully saturated rings. The molecular weight excluding hydrogens is 226 g/mol. The molecule has 3 nitrogen and oxygen atoms in total. The fourth-order valence-electron chi connectivity index (χ4n) is 1.66. The summed E-state index contributed by atoms with van der Waals surface area (Å²) in [5.41, 5.74) is 1.32. The van der Waals surface area contributed by atoms with Gasteiger partial charge in [-0.3, -0.25) is 0 Å². The maximum Gasteiger partial charge on any atom is 0.119 e. The smallest absolute Gasteiger partial charge is 0.119 e. The van der Waals surface area contributed by atoms with Gasteiger partial charge in [0.2, 0.25) is 0 Å². The van der Waals surface area contributed by atoms with Crippen LogP contribution in [0.1, 0.15) is 25.8 Å². The molecule has 3 heteroatoms. The normalized spacial score (nSPS) is 10.6. The van der Waals surface area contributed by atoms with E-state index < -0.39 is 0 Å². The van der Waals surface area contributed by atoms with Crippen molar-refractivity contribution < 1.29 is 9.47 Å². The lowest BCUT2D eigenvalue weighted by molar-refractivity contribution is 0.144. The Morgan fingerprint density at radius 2 is 2.00 bits per heavy atom. The van der Waals surface area contributed by atoms with E-state index in [0.717, 1.165) is 44.9 Å². The molecule has 0 spiro atoms. The molecule has 1 N–H and O–H groups in total. The van der Waals surface area contributed by atoms with E-state index in [2.05, 4.69) is 24.4 Å². The Bertz CT molecular complexity index is 315. The summed E-state index contributed by atoms with van der Waals surface area (Å²) in [7, 11) is 0. The van der Waals surface area contributed by atoms with E-state index in [1.807, 2.05) is 19.1 Å². The Hall–Kier alpha value is -1.06. The minimum Gasteiger partial charge on any atom is -0.492 e. The first-order chi connectivity index (χ1) is 8.86. The molecule has 0 aromatic heterocycles. The van der Waals surface area contributed by atoms with Crippen LogP contribution in [0, 0.1) is 0 Å². The van der Waals surface area contributed by atoms with Gasteiger partial charge >= 0.3 is 0 Å². The molecule has 0 amide bonds. The van der Waals surface area contributed by atoms with Gasteiger partial charge in [0.25, 0.3) is 0 Å². The van der Waals surface area contributed by atoms with Gasteiger partial charge in [0.15, 0.2) is 0 Å². The van der Waals surface area contributed by atoms with Gasteiger partial charge in [0, 0.05) is 19.8 Å². The van der Waals surface area contributed by atoms with Gasteiger partial charge < -0.3 is 14.8 Å². The molecule has 18 heavy (non-hydrogen) atoms. The molecule has 1 aromatic carbocycles. The van der Waals surface area contributed by atoms with Crippen LogP contribution >= 0.6 is 0 Å². The highest BCUT2D eigenvalue weighted by atomic mass is 16.5. The highest BCUT2D eigenvalue weighted by molar-refractivity contribution is 5.28. The van der Waals surface area contributed by atoms with Gasteiger partial charge in [0.05, 0.1) is 0 Å². The molecule has 0 saturated carbocycles. The van der Waals surface area contributed by atoms with Gasteiger partial charge in [-0.15, -0.1) is 0 Å². The van der Waals surface area contributed by atoms with E-state index in [1.54, 1.807) is 0 Å². The third-order valence-corrected chi connectivity index (χ3v) is 2.70. The van der Waals surface area contributed by atoms with Crippen LogP contribution in [0.15, 0.2) is 24.3 Å². The first-order valence-corrected chi connectivity index (χ1v) is 6.87. The Kier molecular flexibility index (Phi) is 8.26. The van der Waals surface area contributed by atoms with E-state index in [4.69, 9.17) is 9.47 Å². The van der Waals surface area contributed by atoms with Crippen molar-refractivity contribution in [2.24, 2.45) is 0 Å². The molecule has 102 valence electrons. The van der Waals surface area contributed by atoms with Crippen LogP contribution in [-0.4, -0.2) is 32.9 Å². The number of benzene rings is 1. The molecule has 0 atom stereocenters. The highest BCUT2D eigenvalue weighted by Crippen LogP contribution is 2.13. The van der Waals surface area contributed by atoms with Gasteiger partial charge in [-0.25, -0.2) is 0 Å². The molecule has 0 aliphatic carbocycles. The summed E-state index contributed by atoms with van der Waals surface area (Å²) in [5, 5.41) is 3.34. The zero-order valence-corrected chi connectivity index (χ0v) is 11.6. The van der Waals surface area contributed by atoms with Crippen LogP contribution in [-0.2, 0) is 11.2 Å². The third-order valence-electron chi connectivity index (χ3n) is 2.70. The first kappa shape index (κ1) is 15.0. The standard InChI is InChI=1S/C15H25NO2/c1-3-14-7-5-8-15(13-14)18-12-10-16-9-6-11-17-4-2/h5,7-8,13,16H,3-4,6,9-12H2,1-2H3. The summed E-state index contributed by atoms with van der Waals surface area (Å²) in [5.74, 6) is 0.963. The maximum absolute atomic E-state index is 5.68. The molecule has 0 bridgehead atoms. The van der Waals surface area contributed by atoms with Crippen molar-refractivity contribution in [1.82, 2.24) is 5.32 Å². The van der Waals surface area contributed by atoms with Gasteiger partial charge in [0.1, 0.15) is 12.4 Å². The average Bonchev–Trinajstić information content (AvgIpc) is 2.42. The number of rotatable bonds is 10. The molecule has 0 heterocycles. The minimum absolute atomic E-state index is 0.710. The van der Waals surface area contributed by atoms with Crippen LogP contribution in [0.2, 0.25) is 0 Å². The second-order valence-electron chi connectivity index (χ2n) is 4.15. The van der Waals surface area contributed by atoms with Gasteiger partial charge in [-0.1, -0.05) is 19.1 Å². The molecule has 1 rings (SSSR count). The SMILES string of the molecule is CCOCCCNCCOc1cccc(CC)c1. The van der Waals surface area contributed by atoms with Crippen molar-refractivity contribution in [3.63, 3.8) is 0 Å². The third kappa shape index (κ3) is 6.62. The first-order valence-electron chi connectivity index (χ1n) is 6.87. The minimum atomic E-state index is 0.710. The lowest BCUT2D eigenvalue weighted by Crippen LogP contribution is -2.23. The summed E-state index contributed by atoms with van der Waals surface area (Å²) in [6.45, 7) is 8.38. The van der Waals surface area contributed by atoms with Crippen LogP contribution in [0.3, 0.4) is 0 Å². The van der Waals surface area contributed by atoms with Crippen molar-refractivity contribution in [1.29, 1.82) is 0 Å². The van der Waals surface area contributed by atoms with Crippen LogP contribution in [0.25, 0.3) is 0 Å². The van der Waals surface area contributed by atoms with E-state index in [9.17, 15) is 0 Å². The quantitative estimate of drug-likeness (QED) is 0.648. The van der Waals surface area contributed by atoms with Crippen molar-refractivity contribution >= 4 is 0 Å². The molecule has 0 radical (unpaired) electrons. The van der Waals surface area contributed by atoms with Crippen molar-refractivity contribution in [2.45, 2.75) is 26.7 Å². The van der Waals surface area contributed by atoms with Gasteiger partial charge in [-0.05, 0) is 44.0 Å². The average molecular weight is 251 g/mol. The number of ether oxygens (including phenoxy) is 2. The van der Waals surface area contributed by atoms with Crippen LogP contribution in [0.4, 0.5) is 0 Å². The summed E-state index contributed by atoms with van der Waals surface area (Å²) >= 11 is 0. The number of hydrogen-bond donors (Lipinski definition) is 1. The Morgan fingerprint density at radius 1 is 1.11 bits per heavy atom. The molecule has 1 aromatic rings. The van der Waals surface area contributed by atoms with E-state index in [-0.39, 0.29) is 0 Å². The van der Waals surface area contributed by atoms with E-state index >= 15 is 0 Å². The van der Waals surface area contributed by atoms with Crippen LogP contribution in [0.5, 0.6) is 5.75 Å². The summed E-state index contributed by atoms with van der Waals surface area (Å²) in [4.78, 5) is 0. The molecule has 0 unspecified atom stereocenters. The van der Waals surface area contributed by atoms with Crippen molar-refractivity contribution in [2.75, 3.05) is 32.9 Å². The second-order valence-corrected chi connectivity index (χ2v) is 4.15. The number of hydrogen-bond acceptors (Lipinski definition) is 3. The fraction of sp³-hybridized carbons (Fsp3) is 0.600. The summed E-state index contributed by atoms with van der Waals surface area (Å²) in [6, 6.07) is 8.28. The molecule has 0 saturated heterocycles.